The average Bonchev–Trinajstić information content (AvgIpc) is 2.91. The monoisotopic (exact) mass is 331 g/mol. The zero-order valence-corrected chi connectivity index (χ0v) is 14.1. The molecule has 0 aliphatic carbocycles. The molecule has 1 aromatic heterocycles. The topological polar surface area (TPSA) is 37.4 Å². The predicted octanol–water partition coefficient (Wildman–Crippen LogP) is 4.42. The Morgan fingerprint density at radius 2 is 1.73 bits per heavy atom. The Balaban J connectivity index is 2.07. The second-order valence-electron chi connectivity index (χ2n) is 5.11. The molecule has 0 N–H and O–H groups in total. The van der Waals surface area contributed by atoms with E-state index in [1.807, 2.05) is 56.3 Å². The number of benzene rings is 2. The highest BCUT2D eigenvalue weighted by molar-refractivity contribution is 7.93. The fraction of sp³-hybridized carbons (Fsp3) is 0.176. The van der Waals surface area contributed by atoms with Crippen LogP contribution in [-0.2, 0) is 10.0 Å². The van der Waals surface area contributed by atoms with Crippen LogP contribution in [0.25, 0.3) is 10.1 Å². The van der Waals surface area contributed by atoms with Crippen molar-refractivity contribution < 1.29 is 8.42 Å². The van der Waals surface area contributed by atoms with Gasteiger partial charge in [-0.25, -0.2) is 8.42 Å². The maximum Gasteiger partial charge on any atom is 0.264 e. The third kappa shape index (κ3) is 2.62. The first kappa shape index (κ1) is 15.1. The van der Waals surface area contributed by atoms with Crippen LogP contribution in [0.5, 0.6) is 0 Å². The lowest BCUT2D eigenvalue weighted by atomic mass is 10.2. The van der Waals surface area contributed by atoms with Crippen molar-refractivity contribution in [1.29, 1.82) is 0 Å². The minimum Gasteiger partial charge on any atom is -0.257 e. The van der Waals surface area contributed by atoms with E-state index in [1.165, 1.54) is 15.6 Å². The Kier molecular flexibility index (Phi) is 3.93. The molecule has 0 aliphatic heterocycles. The number of hydrogen-bond donors (Lipinski definition) is 0. The van der Waals surface area contributed by atoms with Gasteiger partial charge in [-0.2, -0.15) is 0 Å². The zero-order chi connectivity index (χ0) is 15.7. The number of hydrogen-bond acceptors (Lipinski definition) is 3. The Morgan fingerprint density at radius 3 is 2.36 bits per heavy atom. The minimum atomic E-state index is -3.52. The molecule has 22 heavy (non-hydrogen) atoms. The van der Waals surface area contributed by atoms with Crippen molar-refractivity contribution in [3.63, 3.8) is 0 Å². The molecule has 5 heteroatoms. The van der Waals surface area contributed by atoms with Crippen LogP contribution < -0.4 is 4.31 Å². The second-order valence-corrected chi connectivity index (χ2v) is 8.03. The highest BCUT2D eigenvalue weighted by Crippen LogP contribution is 2.35. The number of thiophene rings is 1. The molecule has 2 aromatic carbocycles. The molecule has 0 saturated heterocycles. The van der Waals surface area contributed by atoms with E-state index in [4.69, 9.17) is 0 Å². The van der Waals surface area contributed by atoms with Gasteiger partial charge in [0.15, 0.2) is 0 Å². The molecule has 0 spiro atoms. The van der Waals surface area contributed by atoms with E-state index in [9.17, 15) is 8.42 Å². The van der Waals surface area contributed by atoms with Gasteiger partial charge in [-0.3, -0.25) is 4.31 Å². The number of rotatable bonds is 4. The third-order valence-electron chi connectivity index (χ3n) is 3.55. The highest BCUT2D eigenvalue weighted by atomic mass is 32.2. The first-order valence-corrected chi connectivity index (χ1v) is 9.36. The fourth-order valence-electron chi connectivity index (χ4n) is 2.37. The van der Waals surface area contributed by atoms with E-state index in [0.29, 0.717) is 11.4 Å². The van der Waals surface area contributed by atoms with Crippen molar-refractivity contribution in [2.75, 3.05) is 10.8 Å². The molecule has 0 fully saturated rings. The summed E-state index contributed by atoms with van der Waals surface area (Å²) in [5.74, 6) is 0. The molecule has 3 rings (SSSR count). The van der Waals surface area contributed by atoms with Gasteiger partial charge < -0.3 is 0 Å². The number of anilines is 1. The summed E-state index contributed by atoms with van der Waals surface area (Å²) in [5.41, 5.74) is 1.05. The van der Waals surface area contributed by atoms with Crippen LogP contribution in [0, 0.1) is 6.92 Å². The number of nitrogens with zero attached hydrogens (tertiary/aromatic N) is 1. The molecule has 0 bridgehead atoms. The van der Waals surface area contributed by atoms with Gasteiger partial charge in [0.2, 0.25) is 0 Å². The number of fused-ring (bicyclic) bond motifs is 1. The quantitative estimate of drug-likeness (QED) is 0.709. The van der Waals surface area contributed by atoms with Gasteiger partial charge >= 0.3 is 0 Å². The van der Waals surface area contributed by atoms with Crippen LogP contribution in [0.4, 0.5) is 5.00 Å². The minimum absolute atomic E-state index is 0.331. The van der Waals surface area contributed by atoms with E-state index in [0.717, 1.165) is 20.7 Å². The second kappa shape index (κ2) is 5.74. The summed E-state index contributed by atoms with van der Waals surface area (Å²) in [4.78, 5) is 0.331. The summed E-state index contributed by atoms with van der Waals surface area (Å²) in [6, 6.07) is 16.9. The van der Waals surface area contributed by atoms with Crippen molar-refractivity contribution in [3.05, 3.63) is 60.2 Å². The van der Waals surface area contributed by atoms with Crippen LogP contribution in [-0.4, -0.2) is 15.0 Å². The lowest BCUT2D eigenvalue weighted by Gasteiger charge is -2.21. The number of sulfonamides is 1. The highest BCUT2D eigenvalue weighted by Gasteiger charge is 2.24. The van der Waals surface area contributed by atoms with Crippen molar-refractivity contribution in [2.24, 2.45) is 0 Å². The van der Waals surface area contributed by atoms with Crippen LogP contribution in [0.15, 0.2) is 59.5 Å². The van der Waals surface area contributed by atoms with E-state index < -0.39 is 10.0 Å². The van der Waals surface area contributed by atoms with Crippen LogP contribution in [0.2, 0.25) is 0 Å². The lowest BCUT2D eigenvalue weighted by Crippen LogP contribution is -2.30. The first-order chi connectivity index (χ1) is 10.5. The predicted molar refractivity (Wildman–Crippen MR) is 93.2 cm³/mol. The normalized spacial score (nSPS) is 11.7. The van der Waals surface area contributed by atoms with E-state index in [2.05, 4.69) is 0 Å². The van der Waals surface area contributed by atoms with E-state index in [1.54, 1.807) is 12.1 Å². The Labute approximate surface area is 134 Å². The first-order valence-electron chi connectivity index (χ1n) is 7.10. The Hall–Kier alpha value is -1.85. The molecule has 3 aromatic rings. The van der Waals surface area contributed by atoms with Crippen LogP contribution >= 0.6 is 11.3 Å². The molecule has 0 amide bonds. The molecule has 114 valence electrons. The maximum atomic E-state index is 12.9. The van der Waals surface area contributed by atoms with E-state index in [-0.39, 0.29) is 0 Å². The van der Waals surface area contributed by atoms with Gasteiger partial charge in [0, 0.05) is 11.2 Å². The van der Waals surface area contributed by atoms with Crippen LogP contribution in [0.3, 0.4) is 0 Å². The van der Waals surface area contributed by atoms with Gasteiger partial charge in [-0.1, -0.05) is 35.9 Å². The molecule has 3 nitrogen and oxygen atoms in total. The van der Waals surface area contributed by atoms with Gasteiger partial charge in [0.05, 0.1) is 4.90 Å². The summed E-state index contributed by atoms with van der Waals surface area (Å²) < 4.78 is 28.3. The summed E-state index contributed by atoms with van der Waals surface area (Å²) in [6.07, 6.45) is 0. The lowest BCUT2D eigenvalue weighted by molar-refractivity contribution is 0.592. The molecule has 0 aliphatic rings. The largest absolute Gasteiger partial charge is 0.264 e. The van der Waals surface area contributed by atoms with Gasteiger partial charge in [-0.15, -0.1) is 11.3 Å². The summed E-state index contributed by atoms with van der Waals surface area (Å²) in [5, 5.41) is 1.82. The SMILES string of the molecule is CCN(c1cc2ccccc2s1)S(=O)(=O)c1ccc(C)cc1. The number of aryl methyl sites for hydroxylation is 1. The van der Waals surface area contributed by atoms with Gasteiger partial charge in [-0.05, 0) is 43.5 Å². The average molecular weight is 331 g/mol. The van der Waals surface area contributed by atoms with E-state index >= 15 is 0 Å². The zero-order valence-electron chi connectivity index (χ0n) is 12.5. The van der Waals surface area contributed by atoms with Crippen molar-refractivity contribution in [2.45, 2.75) is 18.7 Å². The molecule has 0 saturated carbocycles. The fourth-order valence-corrected chi connectivity index (χ4v) is 5.18. The molecule has 0 radical (unpaired) electrons. The summed E-state index contributed by atoms with van der Waals surface area (Å²) >= 11 is 1.50. The van der Waals surface area contributed by atoms with Crippen molar-refractivity contribution in [1.82, 2.24) is 0 Å². The van der Waals surface area contributed by atoms with Crippen molar-refractivity contribution >= 4 is 36.4 Å². The van der Waals surface area contributed by atoms with Gasteiger partial charge in [0.1, 0.15) is 5.00 Å². The molecular weight excluding hydrogens is 314 g/mol. The third-order valence-corrected chi connectivity index (χ3v) is 6.71. The maximum absolute atomic E-state index is 12.9. The summed E-state index contributed by atoms with van der Waals surface area (Å²) in [6.45, 7) is 4.21. The summed E-state index contributed by atoms with van der Waals surface area (Å²) in [7, 11) is -3.52. The van der Waals surface area contributed by atoms with Crippen molar-refractivity contribution in [3.8, 4) is 0 Å². The molecular formula is C17H17NO2S2. The molecule has 1 heterocycles. The Morgan fingerprint density at radius 1 is 1.05 bits per heavy atom. The molecule has 0 atom stereocenters. The Bertz CT molecular complexity index is 863. The molecule has 0 unspecified atom stereocenters. The smallest absolute Gasteiger partial charge is 0.257 e. The van der Waals surface area contributed by atoms with Gasteiger partial charge in [0.25, 0.3) is 10.0 Å². The van der Waals surface area contributed by atoms with Crippen LogP contribution in [0.1, 0.15) is 12.5 Å². The standard InChI is InChI=1S/C17H17NO2S2/c1-3-18(17-12-14-6-4-5-7-16(14)21-17)22(19,20)15-10-8-13(2)9-11-15/h4-12H,3H2,1-2H3.